The van der Waals surface area contributed by atoms with Crippen LogP contribution in [0.5, 0.6) is 0 Å². The van der Waals surface area contributed by atoms with E-state index in [0.717, 1.165) is 71.8 Å². The van der Waals surface area contributed by atoms with Gasteiger partial charge in [-0.2, -0.15) is 15.3 Å². The van der Waals surface area contributed by atoms with Crippen molar-refractivity contribution in [3.05, 3.63) is 54.4 Å². The summed E-state index contributed by atoms with van der Waals surface area (Å²) in [5, 5.41) is 21.0. The molecule has 2 unspecified atom stereocenters. The molecule has 0 spiro atoms. The predicted molar refractivity (Wildman–Crippen MR) is 150 cm³/mol. The molecule has 5 aromatic rings. The molecule has 2 fully saturated rings. The molecule has 0 radical (unpaired) electrons. The Kier molecular flexibility index (Phi) is 6.01. The van der Waals surface area contributed by atoms with Crippen LogP contribution in [0.4, 0.5) is 11.5 Å². The van der Waals surface area contributed by atoms with E-state index in [2.05, 4.69) is 36.8 Å². The number of pyridine rings is 1. The molecule has 12 heteroatoms. The summed E-state index contributed by atoms with van der Waals surface area (Å²) in [6, 6.07) is 3.93. The largest absolute Gasteiger partial charge is 0.381 e. The lowest BCUT2D eigenvalue weighted by atomic mass is 10.0. The van der Waals surface area contributed by atoms with Crippen molar-refractivity contribution in [1.29, 1.82) is 0 Å². The summed E-state index contributed by atoms with van der Waals surface area (Å²) in [7, 11) is 3.82. The maximum absolute atomic E-state index is 13.0. The molecule has 2 N–H and O–H groups in total. The van der Waals surface area contributed by atoms with E-state index in [9.17, 15) is 4.79 Å². The van der Waals surface area contributed by atoms with Gasteiger partial charge < -0.3 is 20.3 Å². The Morgan fingerprint density at radius 3 is 2.65 bits per heavy atom. The van der Waals surface area contributed by atoms with Gasteiger partial charge in [-0.1, -0.05) is 0 Å². The average Bonchev–Trinajstić information content (AvgIpc) is 3.74. The van der Waals surface area contributed by atoms with Gasteiger partial charge in [0.05, 0.1) is 59.0 Å². The molecule has 12 nitrogen and oxygen atoms in total. The topological polar surface area (TPSA) is 119 Å². The van der Waals surface area contributed by atoms with E-state index >= 15 is 0 Å². The number of hydrogen-bond acceptors (Lipinski definition) is 8. The molecular weight excluding hydrogens is 508 g/mol. The van der Waals surface area contributed by atoms with Gasteiger partial charge in [-0.15, -0.1) is 0 Å². The third-order valence-corrected chi connectivity index (χ3v) is 8.11. The number of anilines is 2. The zero-order valence-corrected chi connectivity index (χ0v) is 22.8. The molecule has 2 aliphatic rings. The lowest BCUT2D eigenvalue weighted by Crippen LogP contribution is -2.34. The van der Waals surface area contributed by atoms with Crippen molar-refractivity contribution in [2.75, 3.05) is 44.7 Å². The maximum atomic E-state index is 13.0. The highest BCUT2D eigenvalue weighted by Gasteiger charge is 2.36. The Hall–Kier alpha value is -4.29. The summed E-state index contributed by atoms with van der Waals surface area (Å²) >= 11 is 0. The normalized spacial score (nSPS) is 19.1. The molecule has 7 rings (SSSR count). The Morgan fingerprint density at radius 1 is 1.05 bits per heavy atom. The van der Waals surface area contributed by atoms with Crippen molar-refractivity contribution in [2.45, 2.75) is 6.92 Å². The first kappa shape index (κ1) is 24.7. The molecule has 0 saturated carbocycles. The molecule has 2 atom stereocenters. The van der Waals surface area contributed by atoms with E-state index in [1.807, 2.05) is 61.1 Å². The van der Waals surface area contributed by atoms with Crippen LogP contribution in [0.1, 0.15) is 16.1 Å². The number of likely N-dealkylation sites (tertiary alicyclic amines) is 1. The van der Waals surface area contributed by atoms with Gasteiger partial charge in [0, 0.05) is 81.8 Å². The molecule has 0 bridgehead atoms. The lowest BCUT2D eigenvalue weighted by Gasteiger charge is -2.17. The highest BCUT2D eigenvalue weighted by atomic mass is 16.5. The second-order valence-electron chi connectivity index (χ2n) is 10.9. The zero-order chi connectivity index (χ0) is 27.4. The Balaban J connectivity index is 1.09. The Bertz CT molecular complexity index is 1720. The minimum absolute atomic E-state index is 0.136. The van der Waals surface area contributed by atoms with Gasteiger partial charge in [0.2, 0.25) is 0 Å². The van der Waals surface area contributed by atoms with Gasteiger partial charge in [-0.05, 0) is 19.1 Å². The molecule has 2 aliphatic heterocycles. The standard InChI is InChI=1S/C28H32N10O2/c1-17-24(6-18(8-30-17)28(39)29-4-5-37-12-21-15-40-16-22(21)13-37)33-27-23-10-32-38-14-19(20-9-31-35(2)11-20)7-25(38)26(23)36(3)34-27/h6-11,14,21-22H,4-5,12-13,15-16H2,1-3H3,(H,29,39)(H,33,34). The molecule has 0 aromatic carbocycles. The molecule has 206 valence electrons. The van der Waals surface area contributed by atoms with Gasteiger partial charge in [-0.3, -0.25) is 19.1 Å². The van der Waals surface area contributed by atoms with Crippen LogP contribution < -0.4 is 10.6 Å². The molecular formula is C28H32N10O2. The molecule has 1 amide bonds. The molecule has 40 heavy (non-hydrogen) atoms. The summed E-state index contributed by atoms with van der Waals surface area (Å²) in [6.45, 7) is 7.17. The highest BCUT2D eigenvalue weighted by Crippen LogP contribution is 2.32. The van der Waals surface area contributed by atoms with Crippen molar-refractivity contribution in [3.63, 3.8) is 0 Å². The van der Waals surface area contributed by atoms with E-state index in [1.54, 1.807) is 10.9 Å². The second kappa shape index (κ2) is 9.72. The smallest absolute Gasteiger partial charge is 0.252 e. The summed E-state index contributed by atoms with van der Waals surface area (Å²) < 4.78 is 11.1. The quantitative estimate of drug-likeness (QED) is 0.323. The number of nitrogens with zero attached hydrogens (tertiary/aromatic N) is 8. The van der Waals surface area contributed by atoms with E-state index in [-0.39, 0.29) is 5.91 Å². The number of amides is 1. The Morgan fingerprint density at radius 2 is 1.88 bits per heavy atom. The number of nitrogens with one attached hydrogen (secondary N) is 2. The van der Waals surface area contributed by atoms with Crippen molar-refractivity contribution in [3.8, 4) is 11.1 Å². The van der Waals surface area contributed by atoms with Gasteiger partial charge in [0.1, 0.15) is 0 Å². The lowest BCUT2D eigenvalue weighted by molar-refractivity contribution is 0.0947. The molecule has 5 aromatic heterocycles. The summed E-state index contributed by atoms with van der Waals surface area (Å²) in [5.74, 6) is 1.80. The number of aryl methyl sites for hydroxylation is 3. The van der Waals surface area contributed by atoms with Gasteiger partial charge in [0.15, 0.2) is 5.82 Å². The van der Waals surface area contributed by atoms with Crippen molar-refractivity contribution < 1.29 is 9.53 Å². The van der Waals surface area contributed by atoms with Crippen molar-refractivity contribution in [1.82, 2.24) is 44.4 Å². The van der Waals surface area contributed by atoms with Gasteiger partial charge in [0.25, 0.3) is 5.91 Å². The average molecular weight is 541 g/mol. The fraction of sp³-hybridized carbons (Fsp3) is 0.393. The number of ether oxygens (including phenoxy) is 1. The van der Waals surface area contributed by atoms with Crippen LogP contribution in [0.15, 0.2) is 43.1 Å². The highest BCUT2D eigenvalue weighted by molar-refractivity contribution is 6.01. The first-order valence-electron chi connectivity index (χ1n) is 13.6. The van der Waals surface area contributed by atoms with Gasteiger partial charge >= 0.3 is 0 Å². The van der Waals surface area contributed by atoms with Crippen LogP contribution in [0.2, 0.25) is 0 Å². The fourth-order valence-electron chi connectivity index (χ4n) is 5.94. The van der Waals surface area contributed by atoms with Crippen LogP contribution in [0.25, 0.3) is 27.5 Å². The van der Waals surface area contributed by atoms with Gasteiger partial charge in [-0.25, -0.2) is 4.52 Å². The van der Waals surface area contributed by atoms with Crippen molar-refractivity contribution in [2.24, 2.45) is 25.9 Å². The monoisotopic (exact) mass is 540 g/mol. The number of fused-ring (bicyclic) bond motifs is 4. The zero-order valence-electron chi connectivity index (χ0n) is 22.8. The SMILES string of the molecule is Cc1ncc(C(=O)NCCN2CC3COCC3C2)cc1Nc1nn(C)c2c1cnn1cc(-c3cnn(C)c3)cc21. The predicted octanol–water partition coefficient (Wildman–Crippen LogP) is 2.38. The first-order chi connectivity index (χ1) is 19.4. The molecule has 2 saturated heterocycles. The van der Waals surface area contributed by atoms with E-state index < -0.39 is 0 Å². The second-order valence-corrected chi connectivity index (χ2v) is 10.9. The van der Waals surface area contributed by atoms with E-state index in [1.165, 1.54) is 0 Å². The summed E-state index contributed by atoms with van der Waals surface area (Å²) in [6.07, 6.45) is 9.24. The van der Waals surface area contributed by atoms with Crippen LogP contribution in [-0.2, 0) is 18.8 Å². The van der Waals surface area contributed by atoms with E-state index in [4.69, 9.17) is 9.84 Å². The third-order valence-electron chi connectivity index (χ3n) is 8.11. The first-order valence-corrected chi connectivity index (χ1v) is 13.6. The minimum Gasteiger partial charge on any atom is -0.381 e. The van der Waals surface area contributed by atoms with Crippen LogP contribution in [0, 0.1) is 18.8 Å². The fourth-order valence-corrected chi connectivity index (χ4v) is 5.94. The van der Waals surface area contributed by atoms with E-state index in [0.29, 0.717) is 29.8 Å². The number of hydrogen-bond donors (Lipinski definition) is 2. The Labute approximate surface area is 230 Å². The van der Waals surface area contributed by atoms with Crippen LogP contribution in [-0.4, -0.2) is 84.4 Å². The number of rotatable bonds is 7. The molecule has 0 aliphatic carbocycles. The number of aromatic nitrogens is 7. The van der Waals surface area contributed by atoms with Crippen molar-refractivity contribution >= 4 is 33.8 Å². The van der Waals surface area contributed by atoms with Crippen LogP contribution in [0.3, 0.4) is 0 Å². The van der Waals surface area contributed by atoms with Crippen LogP contribution >= 0.6 is 0 Å². The minimum atomic E-state index is -0.136. The summed E-state index contributed by atoms with van der Waals surface area (Å²) in [5.41, 5.74) is 5.96. The molecule has 7 heterocycles. The maximum Gasteiger partial charge on any atom is 0.252 e. The number of carbonyl (C=O) groups is 1. The summed E-state index contributed by atoms with van der Waals surface area (Å²) in [4.78, 5) is 19.9. The third kappa shape index (κ3) is 4.38. The number of carbonyl (C=O) groups excluding carboxylic acids is 1.